The van der Waals surface area contributed by atoms with Crippen LogP contribution in [0.3, 0.4) is 0 Å². The number of carbonyl (C=O) groups excluding carboxylic acids is 2. The third-order valence-electron chi connectivity index (χ3n) is 6.09. The average Bonchev–Trinajstić information content (AvgIpc) is 3.12. The molecule has 1 saturated carbocycles. The third kappa shape index (κ3) is 6.09. The summed E-state index contributed by atoms with van der Waals surface area (Å²) < 4.78 is 5.82. The minimum absolute atomic E-state index is 0. The minimum atomic E-state index is -0.536. The monoisotopic (exact) mass is 423 g/mol. The Hall–Kier alpha value is -1.79. The number of rotatable bonds is 6. The van der Waals surface area contributed by atoms with Gasteiger partial charge in [-0.3, -0.25) is 9.59 Å². The fourth-order valence-corrected chi connectivity index (χ4v) is 4.16. The van der Waals surface area contributed by atoms with Gasteiger partial charge in [0.2, 0.25) is 5.91 Å². The molecule has 1 unspecified atom stereocenters. The van der Waals surface area contributed by atoms with Gasteiger partial charge in [0.05, 0.1) is 0 Å². The zero-order valence-electron chi connectivity index (χ0n) is 17.5. The van der Waals surface area contributed by atoms with Crippen LogP contribution in [-0.4, -0.2) is 59.9 Å². The number of halogens is 1. The molecule has 7 heteroatoms. The molecule has 2 fully saturated rings. The smallest absolute Gasteiger partial charge is 0.263 e. The summed E-state index contributed by atoms with van der Waals surface area (Å²) in [7, 11) is 0. The van der Waals surface area contributed by atoms with Crippen LogP contribution in [0.5, 0.6) is 5.75 Å². The molecule has 1 aromatic rings. The van der Waals surface area contributed by atoms with E-state index in [9.17, 15) is 9.59 Å². The van der Waals surface area contributed by atoms with Gasteiger partial charge in [-0.2, -0.15) is 0 Å². The normalized spacial score (nSPS) is 22.7. The van der Waals surface area contributed by atoms with Crippen LogP contribution in [0.1, 0.15) is 45.1 Å². The first kappa shape index (κ1) is 23.5. The molecule has 0 spiro atoms. The summed E-state index contributed by atoms with van der Waals surface area (Å²) in [5.41, 5.74) is 7.34. The largest absolute Gasteiger partial charge is 0.481 e. The Balaban J connectivity index is 0.00000300. The van der Waals surface area contributed by atoms with Gasteiger partial charge in [-0.25, -0.2) is 0 Å². The molecule has 29 heavy (non-hydrogen) atoms. The van der Waals surface area contributed by atoms with Gasteiger partial charge in [-0.1, -0.05) is 25.5 Å². The van der Waals surface area contributed by atoms with Gasteiger partial charge in [0.1, 0.15) is 5.75 Å². The Morgan fingerprint density at radius 3 is 2.28 bits per heavy atom. The molecule has 1 heterocycles. The molecule has 6 nitrogen and oxygen atoms in total. The SMILES string of the molecule is CCc1ccc(OC(C)C(=O)N2CCN(C(=O)C[C@@H]3CCC[C@H]3N)CC2)cc1.Cl. The summed E-state index contributed by atoms with van der Waals surface area (Å²) in [5, 5.41) is 0. The lowest BCUT2D eigenvalue weighted by Crippen LogP contribution is -2.53. The van der Waals surface area contributed by atoms with Crippen LogP contribution in [0.25, 0.3) is 0 Å². The quantitative estimate of drug-likeness (QED) is 0.763. The fraction of sp³-hybridized carbons (Fsp3) is 0.636. The second-order valence-corrected chi connectivity index (χ2v) is 8.02. The van der Waals surface area contributed by atoms with E-state index in [0.717, 1.165) is 25.7 Å². The number of nitrogens with two attached hydrogens (primary N) is 1. The van der Waals surface area contributed by atoms with Gasteiger partial charge >= 0.3 is 0 Å². The summed E-state index contributed by atoms with van der Waals surface area (Å²) >= 11 is 0. The van der Waals surface area contributed by atoms with E-state index in [1.807, 2.05) is 29.2 Å². The molecular formula is C22H34ClN3O3. The van der Waals surface area contributed by atoms with Crippen LogP contribution >= 0.6 is 12.4 Å². The predicted octanol–water partition coefficient (Wildman–Crippen LogP) is 2.63. The molecule has 1 saturated heterocycles. The predicted molar refractivity (Wildman–Crippen MR) is 116 cm³/mol. The van der Waals surface area contributed by atoms with E-state index in [0.29, 0.717) is 44.3 Å². The Labute approximate surface area is 180 Å². The maximum atomic E-state index is 12.7. The minimum Gasteiger partial charge on any atom is -0.481 e. The van der Waals surface area contributed by atoms with Crippen molar-refractivity contribution in [2.45, 2.75) is 58.1 Å². The second kappa shape index (κ2) is 10.8. The van der Waals surface area contributed by atoms with E-state index in [2.05, 4.69) is 6.92 Å². The molecule has 3 rings (SSSR count). The molecule has 1 aliphatic heterocycles. The number of amides is 2. The van der Waals surface area contributed by atoms with E-state index in [-0.39, 0.29) is 30.3 Å². The van der Waals surface area contributed by atoms with Crippen LogP contribution in [0.2, 0.25) is 0 Å². The first-order valence-electron chi connectivity index (χ1n) is 10.6. The third-order valence-corrected chi connectivity index (χ3v) is 6.09. The summed E-state index contributed by atoms with van der Waals surface area (Å²) in [6.45, 7) is 6.19. The lowest BCUT2D eigenvalue weighted by Gasteiger charge is -2.36. The molecule has 0 aromatic heterocycles. The number of carbonyl (C=O) groups is 2. The van der Waals surface area contributed by atoms with E-state index in [1.54, 1.807) is 11.8 Å². The van der Waals surface area contributed by atoms with Crippen LogP contribution in [0.4, 0.5) is 0 Å². The van der Waals surface area contributed by atoms with Crippen molar-refractivity contribution < 1.29 is 14.3 Å². The van der Waals surface area contributed by atoms with Crippen molar-refractivity contribution in [3.63, 3.8) is 0 Å². The lowest BCUT2D eigenvalue weighted by atomic mass is 9.99. The van der Waals surface area contributed by atoms with Gasteiger partial charge < -0.3 is 20.3 Å². The van der Waals surface area contributed by atoms with Gasteiger partial charge in [0.25, 0.3) is 5.91 Å². The van der Waals surface area contributed by atoms with E-state index < -0.39 is 6.10 Å². The number of piperazine rings is 1. The van der Waals surface area contributed by atoms with E-state index in [4.69, 9.17) is 10.5 Å². The summed E-state index contributed by atoms with van der Waals surface area (Å²) in [4.78, 5) is 28.9. The van der Waals surface area contributed by atoms with Crippen LogP contribution in [0.15, 0.2) is 24.3 Å². The van der Waals surface area contributed by atoms with Gasteiger partial charge in [0.15, 0.2) is 6.10 Å². The van der Waals surface area contributed by atoms with Crippen molar-refractivity contribution >= 4 is 24.2 Å². The Morgan fingerprint density at radius 1 is 1.10 bits per heavy atom. The summed E-state index contributed by atoms with van der Waals surface area (Å²) in [6.07, 6.45) is 4.19. The van der Waals surface area contributed by atoms with Crippen molar-refractivity contribution in [3.05, 3.63) is 29.8 Å². The molecule has 0 radical (unpaired) electrons. The number of ether oxygens (including phenoxy) is 1. The average molecular weight is 424 g/mol. The van der Waals surface area contributed by atoms with Gasteiger partial charge in [0, 0.05) is 38.6 Å². The number of hydrogen-bond donors (Lipinski definition) is 1. The van der Waals surface area contributed by atoms with Crippen LogP contribution in [0, 0.1) is 5.92 Å². The van der Waals surface area contributed by atoms with E-state index in [1.165, 1.54) is 5.56 Å². The first-order valence-corrected chi connectivity index (χ1v) is 10.6. The van der Waals surface area contributed by atoms with Crippen LogP contribution in [-0.2, 0) is 16.0 Å². The maximum absolute atomic E-state index is 12.7. The zero-order valence-corrected chi connectivity index (χ0v) is 18.3. The highest BCUT2D eigenvalue weighted by atomic mass is 35.5. The number of benzene rings is 1. The second-order valence-electron chi connectivity index (χ2n) is 8.02. The van der Waals surface area contributed by atoms with Crippen LogP contribution < -0.4 is 10.5 Å². The fourth-order valence-electron chi connectivity index (χ4n) is 4.16. The molecule has 3 atom stereocenters. The molecule has 162 valence electrons. The molecule has 1 aliphatic carbocycles. The topological polar surface area (TPSA) is 75.9 Å². The standard InChI is InChI=1S/C22H33N3O3.ClH/c1-3-17-7-9-19(10-8-17)28-16(2)22(27)25-13-11-24(12-14-25)21(26)15-18-5-4-6-20(18)23;/h7-10,16,18,20H,3-6,11-15,23H2,1-2H3;1H/t16?,18-,20+;/m0./s1. The van der Waals surface area contributed by atoms with Gasteiger partial charge in [-0.05, 0) is 49.8 Å². The molecule has 2 aliphatic rings. The first-order chi connectivity index (χ1) is 13.5. The van der Waals surface area contributed by atoms with Crippen molar-refractivity contribution in [3.8, 4) is 5.75 Å². The maximum Gasteiger partial charge on any atom is 0.263 e. The Morgan fingerprint density at radius 2 is 1.72 bits per heavy atom. The number of hydrogen-bond acceptors (Lipinski definition) is 4. The highest BCUT2D eigenvalue weighted by Gasteiger charge is 2.31. The molecule has 2 N–H and O–H groups in total. The van der Waals surface area contributed by atoms with E-state index >= 15 is 0 Å². The summed E-state index contributed by atoms with van der Waals surface area (Å²) in [5.74, 6) is 1.18. The highest BCUT2D eigenvalue weighted by molar-refractivity contribution is 5.85. The highest BCUT2D eigenvalue weighted by Crippen LogP contribution is 2.27. The van der Waals surface area contributed by atoms with Crippen molar-refractivity contribution in [1.29, 1.82) is 0 Å². The number of aryl methyl sites for hydroxylation is 1. The molecular weight excluding hydrogens is 390 g/mol. The molecule has 2 amide bonds. The Kier molecular flexibility index (Phi) is 8.78. The van der Waals surface area contributed by atoms with Gasteiger partial charge in [-0.15, -0.1) is 12.4 Å². The van der Waals surface area contributed by atoms with Crippen molar-refractivity contribution in [1.82, 2.24) is 9.80 Å². The zero-order chi connectivity index (χ0) is 20.1. The van der Waals surface area contributed by atoms with Crippen molar-refractivity contribution in [2.24, 2.45) is 11.7 Å². The lowest BCUT2D eigenvalue weighted by molar-refractivity contribution is -0.144. The molecule has 0 bridgehead atoms. The summed E-state index contributed by atoms with van der Waals surface area (Å²) in [6, 6.07) is 8.02. The van der Waals surface area contributed by atoms with Crippen molar-refractivity contribution in [2.75, 3.05) is 26.2 Å². The number of nitrogens with zero attached hydrogens (tertiary/aromatic N) is 2. The molecule has 1 aromatic carbocycles. The Bertz CT molecular complexity index is 674.